The highest BCUT2D eigenvalue weighted by molar-refractivity contribution is 5.87. The molecule has 0 saturated carbocycles. The van der Waals surface area contributed by atoms with Crippen molar-refractivity contribution >= 4 is 24.2 Å². The third-order valence-electron chi connectivity index (χ3n) is 3.77. The second kappa shape index (κ2) is 9.50. The number of hydrogen-bond donors (Lipinski definition) is 2. The molecule has 0 unspecified atom stereocenters. The van der Waals surface area contributed by atoms with Gasteiger partial charge in [-0.15, -0.1) is 12.4 Å². The first-order valence-corrected chi connectivity index (χ1v) is 7.51. The van der Waals surface area contributed by atoms with Crippen molar-refractivity contribution in [2.45, 2.75) is 31.6 Å². The molecule has 6 nitrogen and oxygen atoms in total. The Hall–Kier alpha value is -1.63. The Bertz CT molecular complexity index is 513. The molecule has 3 N–H and O–H groups in total. The summed E-state index contributed by atoms with van der Waals surface area (Å²) in [5.41, 5.74) is 6.56. The molecule has 1 heterocycles. The van der Waals surface area contributed by atoms with E-state index in [0.717, 1.165) is 12.0 Å². The molecule has 2 amide bonds. The molecule has 1 aliphatic rings. The quantitative estimate of drug-likeness (QED) is 0.797. The molecule has 0 spiro atoms. The van der Waals surface area contributed by atoms with Gasteiger partial charge in [0.15, 0.2) is 0 Å². The van der Waals surface area contributed by atoms with Crippen LogP contribution in [0.3, 0.4) is 0 Å². The van der Waals surface area contributed by atoms with Gasteiger partial charge < -0.3 is 20.7 Å². The fourth-order valence-corrected chi connectivity index (χ4v) is 2.43. The van der Waals surface area contributed by atoms with Crippen LogP contribution in [0.4, 0.5) is 0 Å². The highest BCUT2D eigenvalue weighted by Gasteiger charge is 2.30. The van der Waals surface area contributed by atoms with E-state index < -0.39 is 6.10 Å². The lowest BCUT2D eigenvalue weighted by Gasteiger charge is -2.18. The monoisotopic (exact) mass is 341 g/mol. The normalized spacial score (nSPS) is 19.7. The molecule has 2 atom stereocenters. The second-order valence-electron chi connectivity index (χ2n) is 5.51. The van der Waals surface area contributed by atoms with Crippen LogP contribution in [-0.4, -0.2) is 49.1 Å². The third-order valence-corrected chi connectivity index (χ3v) is 3.77. The van der Waals surface area contributed by atoms with Crippen molar-refractivity contribution in [3.63, 3.8) is 0 Å². The SMILES string of the molecule is CN(Cc1ccccc1)C(=O)CNC(=O)[C@@H]1CC[C@H](CN)O1.Cl. The van der Waals surface area contributed by atoms with Crippen molar-refractivity contribution in [1.82, 2.24) is 10.2 Å². The summed E-state index contributed by atoms with van der Waals surface area (Å²) in [4.78, 5) is 25.6. The van der Waals surface area contributed by atoms with Gasteiger partial charge in [-0.05, 0) is 18.4 Å². The first kappa shape index (κ1) is 19.4. The Morgan fingerprint density at radius 2 is 2.00 bits per heavy atom. The smallest absolute Gasteiger partial charge is 0.249 e. The number of nitrogens with zero attached hydrogens (tertiary/aromatic N) is 1. The highest BCUT2D eigenvalue weighted by atomic mass is 35.5. The van der Waals surface area contributed by atoms with Crippen LogP contribution in [-0.2, 0) is 20.9 Å². The first-order valence-electron chi connectivity index (χ1n) is 7.51. The summed E-state index contributed by atoms with van der Waals surface area (Å²) in [7, 11) is 1.72. The summed E-state index contributed by atoms with van der Waals surface area (Å²) in [6.07, 6.45) is 0.908. The Balaban J connectivity index is 0.00000264. The lowest BCUT2D eigenvalue weighted by Crippen LogP contribution is -2.42. The van der Waals surface area contributed by atoms with Gasteiger partial charge >= 0.3 is 0 Å². The van der Waals surface area contributed by atoms with Gasteiger partial charge in [-0.1, -0.05) is 30.3 Å². The molecule has 0 aromatic heterocycles. The molecule has 7 heteroatoms. The zero-order valence-corrected chi connectivity index (χ0v) is 14.1. The molecule has 0 aliphatic carbocycles. The second-order valence-corrected chi connectivity index (χ2v) is 5.51. The average molecular weight is 342 g/mol. The van der Waals surface area contributed by atoms with E-state index in [1.807, 2.05) is 30.3 Å². The average Bonchev–Trinajstić information content (AvgIpc) is 3.02. The number of halogens is 1. The van der Waals surface area contributed by atoms with Crippen molar-refractivity contribution in [2.24, 2.45) is 5.73 Å². The zero-order valence-electron chi connectivity index (χ0n) is 13.2. The predicted octanol–water partition coefficient (Wildman–Crippen LogP) is 0.689. The standard InChI is InChI=1S/C16H23N3O3.ClH/c1-19(11-12-5-3-2-4-6-12)15(20)10-18-16(21)14-8-7-13(9-17)22-14;/h2-6,13-14H,7-11,17H2,1H3,(H,18,21);1H/t13-,14+;/m1./s1. The van der Waals surface area contributed by atoms with Crippen LogP contribution in [0.1, 0.15) is 18.4 Å². The number of ether oxygens (including phenoxy) is 1. The number of benzene rings is 1. The molecule has 128 valence electrons. The summed E-state index contributed by atoms with van der Waals surface area (Å²) in [5.74, 6) is -0.372. The van der Waals surface area contributed by atoms with Gasteiger partial charge in [-0.25, -0.2) is 0 Å². The van der Waals surface area contributed by atoms with Crippen molar-refractivity contribution in [3.05, 3.63) is 35.9 Å². The van der Waals surface area contributed by atoms with Gasteiger partial charge in [-0.2, -0.15) is 0 Å². The Kier molecular flexibility index (Phi) is 8.02. The van der Waals surface area contributed by atoms with Crippen LogP contribution in [0.5, 0.6) is 0 Å². The van der Waals surface area contributed by atoms with Gasteiger partial charge in [0, 0.05) is 20.1 Å². The lowest BCUT2D eigenvalue weighted by atomic mass is 10.2. The van der Waals surface area contributed by atoms with Gasteiger partial charge in [0.05, 0.1) is 12.6 Å². The van der Waals surface area contributed by atoms with Gasteiger partial charge in [0.25, 0.3) is 0 Å². The number of hydrogen-bond acceptors (Lipinski definition) is 4. The fraction of sp³-hybridized carbons (Fsp3) is 0.500. The van der Waals surface area contributed by atoms with Gasteiger partial charge in [0.2, 0.25) is 11.8 Å². The predicted molar refractivity (Wildman–Crippen MR) is 90.1 cm³/mol. The first-order chi connectivity index (χ1) is 10.6. The maximum Gasteiger partial charge on any atom is 0.249 e. The van der Waals surface area contributed by atoms with E-state index >= 15 is 0 Å². The Labute approximate surface area is 142 Å². The van der Waals surface area contributed by atoms with E-state index in [9.17, 15) is 9.59 Å². The van der Waals surface area contributed by atoms with Crippen LogP contribution in [0, 0.1) is 0 Å². The molecule has 2 rings (SSSR count). The zero-order chi connectivity index (χ0) is 15.9. The lowest BCUT2D eigenvalue weighted by molar-refractivity contribution is -0.136. The van der Waals surface area contributed by atoms with Crippen LogP contribution in [0.15, 0.2) is 30.3 Å². The third kappa shape index (κ3) is 5.82. The van der Waals surface area contributed by atoms with Crippen molar-refractivity contribution in [3.8, 4) is 0 Å². The minimum Gasteiger partial charge on any atom is -0.364 e. The van der Waals surface area contributed by atoms with Crippen LogP contribution in [0.2, 0.25) is 0 Å². The van der Waals surface area contributed by atoms with Crippen LogP contribution < -0.4 is 11.1 Å². The van der Waals surface area contributed by atoms with E-state index in [-0.39, 0.29) is 36.9 Å². The minimum atomic E-state index is -0.485. The van der Waals surface area contributed by atoms with Crippen molar-refractivity contribution in [1.29, 1.82) is 0 Å². The van der Waals surface area contributed by atoms with E-state index in [0.29, 0.717) is 19.5 Å². The number of carbonyl (C=O) groups is 2. The Morgan fingerprint density at radius 1 is 1.30 bits per heavy atom. The highest BCUT2D eigenvalue weighted by Crippen LogP contribution is 2.18. The molecule has 1 aliphatic heterocycles. The number of likely N-dealkylation sites (N-methyl/N-ethyl adjacent to an activating group) is 1. The molecule has 0 radical (unpaired) electrons. The molecule has 23 heavy (non-hydrogen) atoms. The molecule has 1 aromatic carbocycles. The molecule has 1 fully saturated rings. The van der Waals surface area contributed by atoms with Gasteiger partial charge in [0.1, 0.15) is 6.10 Å². The summed E-state index contributed by atoms with van der Waals surface area (Å²) in [6.45, 7) is 0.919. The summed E-state index contributed by atoms with van der Waals surface area (Å²) in [5, 5.41) is 2.64. The van der Waals surface area contributed by atoms with Gasteiger partial charge in [-0.3, -0.25) is 9.59 Å². The summed E-state index contributed by atoms with van der Waals surface area (Å²) in [6, 6.07) is 9.71. The molecule has 1 saturated heterocycles. The Morgan fingerprint density at radius 3 is 2.61 bits per heavy atom. The summed E-state index contributed by atoms with van der Waals surface area (Å²) < 4.78 is 5.50. The van der Waals surface area contributed by atoms with E-state index in [1.54, 1.807) is 11.9 Å². The molecular formula is C16H24ClN3O3. The van der Waals surface area contributed by atoms with Crippen molar-refractivity contribution in [2.75, 3.05) is 20.1 Å². The number of rotatable bonds is 6. The fourth-order valence-electron chi connectivity index (χ4n) is 2.43. The summed E-state index contributed by atoms with van der Waals surface area (Å²) >= 11 is 0. The maximum atomic E-state index is 12.0. The molecule has 1 aromatic rings. The number of nitrogens with one attached hydrogen (secondary N) is 1. The number of carbonyl (C=O) groups excluding carboxylic acids is 2. The minimum absolute atomic E-state index is 0. The topological polar surface area (TPSA) is 84.7 Å². The maximum absolute atomic E-state index is 12.0. The van der Waals surface area contributed by atoms with E-state index in [4.69, 9.17) is 10.5 Å². The van der Waals surface area contributed by atoms with Crippen LogP contribution >= 0.6 is 12.4 Å². The van der Waals surface area contributed by atoms with E-state index in [1.165, 1.54) is 0 Å². The number of amides is 2. The molecular weight excluding hydrogens is 318 g/mol. The van der Waals surface area contributed by atoms with Crippen LogP contribution in [0.25, 0.3) is 0 Å². The number of nitrogens with two attached hydrogens (primary N) is 1. The molecule has 0 bridgehead atoms. The van der Waals surface area contributed by atoms with Crippen molar-refractivity contribution < 1.29 is 14.3 Å². The largest absolute Gasteiger partial charge is 0.364 e. The van der Waals surface area contributed by atoms with E-state index in [2.05, 4.69) is 5.32 Å².